The van der Waals surface area contributed by atoms with Gasteiger partial charge in [-0.15, -0.1) is 0 Å². The third-order valence-electron chi connectivity index (χ3n) is 0.206. The second-order valence-electron chi connectivity index (χ2n) is 0.657. The molecule has 0 spiro atoms. The second kappa shape index (κ2) is 2.57. The van der Waals surface area contributed by atoms with Crippen molar-refractivity contribution in [2.45, 2.75) is 6.36 Å². The minimum absolute atomic E-state index is 0.375. The molecular weight excluding hydrogens is 87.0 g/mol. The van der Waals surface area contributed by atoms with Crippen molar-refractivity contribution in [1.29, 1.82) is 0 Å². The van der Waals surface area contributed by atoms with E-state index in [0.29, 0.717) is 6.08 Å². The summed E-state index contributed by atoms with van der Waals surface area (Å²) in [7, 11) is 0. The topological polar surface area (TPSA) is 37.3 Å². The summed E-state index contributed by atoms with van der Waals surface area (Å²) in [5.41, 5.74) is 0. The molecule has 0 radical (unpaired) electrons. The number of halogens is 1. The molecule has 0 saturated heterocycles. The maximum Gasteiger partial charge on any atom is 0.226 e. The number of hydrogen-bond acceptors (Lipinski definition) is 2. The number of hydrogen-bond donors (Lipinski definition) is 1. The zero-order valence-corrected chi connectivity index (χ0v) is 2.89. The fraction of sp³-hybridized carbons (Fsp3) is 0.333. The minimum Gasteiger partial charge on any atom is -0.360 e. The summed E-state index contributed by atoms with van der Waals surface area (Å²) < 4.78 is 10.9. The maximum atomic E-state index is 10.9. The summed E-state index contributed by atoms with van der Waals surface area (Å²) in [5.74, 6) is 1.07. The van der Waals surface area contributed by atoms with Gasteiger partial charge in [-0.1, -0.05) is 0 Å². The molecule has 0 bridgehead atoms. The molecule has 0 amide bonds. The molecule has 0 heterocycles. The van der Waals surface area contributed by atoms with E-state index in [2.05, 4.69) is 0 Å². The smallest absolute Gasteiger partial charge is 0.226 e. The zero-order valence-electron chi connectivity index (χ0n) is 2.89. The molecule has 0 aromatic carbocycles. The fourth-order valence-electron chi connectivity index (χ4n) is 0.0561. The molecule has 2 nitrogen and oxygen atoms in total. The van der Waals surface area contributed by atoms with Crippen LogP contribution in [0.25, 0.3) is 0 Å². The Balaban J connectivity index is 3.29. The summed E-state index contributed by atoms with van der Waals surface area (Å²) in [4.78, 5) is 9.03. The first-order chi connectivity index (χ1) is 2.77. The van der Waals surface area contributed by atoms with Crippen molar-refractivity contribution in [3.05, 3.63) is 6.08 Å². The molecule has 0 aromatic heterocycles. The van der Waals surface area contributed by atoms with E-state index in [0.717, 1.165) is 5.94 Å². The Morgan fingerprint density at radius 3 is 2.50 bits per heavy atom. The first-order valence-corrected chi connectivity index (χ1v) is 1.30. The highest BCUT2D eigenvalue weighted by Crippen LogP contribution is 1.77. The van der Waals surface area contributed by atoms with Gasteiger partial charge in [0.15, 0.2) is 0 Å². The van der Waals surface area contributed by atoms with Crippen LogP contribution in [0.15, 0.2) is 6.08 Å². The van der Waals surface area contributed by atoms with Crippen molar-refractivity contribution < 1.29 is 14.3 Å². The Kier molecular flexibility index (Phi) is 2.29. The normalized spacial score (nSPS) is 12.3. The van der Waals surface area contributed by atoms with E-state index < -0.39 is 6.36 Å². The van der Waals surface area contributed by atoms with Crippen LogP contribution in [0, 0.1) is 0 Å². The van der Waals surface area contributed by atoms with Gasteiger partial charge >= 0.3 is 0 Å². The average molecular weight is 90.1 g/mol. The number of carbonyl (C=O) groups excluding carboxylic acids is 1. The van der Waals surface area contributed by atoms with Gasteiger partial charge in [-0.2, -0.15) is 0 Å². The van der Waals surface area contributed by atoms with Gasteiger partial charge in [0, 0.05) is 0 Å². The molecule has 0 rings (SSSR count). The van der Waals surface area contributed by atoms with Crippen LogP contribution in [0.1, 0.15) is 0 Å². The standard InChI is InChI=1S/C3H3FO2/c4-3(6)1-2-5/h1,3,6H. The quantitative estimate of drug-likeness (QED) is 0.447. The SMILES string of the molecule is O=C=CC(O)F. The minimum atomic E-state index is -2.15. The summed E-state index contributed by atoms with van der Waals surface area (Å²) in [6, 6.07) is 0. The molecule has 6 heavy (non-hydrogen) atoms. The molecule has 0 aliphatic carbocycles. The lowest BCUT2D eigenvalue weighted by atomic mass is 10.7. The van der Waals surface area contributed by atoms with Gasteiger partial charge in [-0.05, 0) is 0 Å². The van der Waals surface area contributed by atoms with Crippen LogP contribution in [0.2, 0.25) is 0 Å². The number of aliphatic hydroxyl groups is 1. The van der Waals surface area contributed by atoms with Gasteiger partial charge in [0.25, 0.3) is 0 Å². The summed E-state index contributed by atoms with van der Waals surface area (Å²) in [5, 5.41) is 7.57. The third-order valence-corrected chi connectivity index (χ3v) is 0.206. The van der Waals surface area contributed by atoms with E-state index in [1.807, 2.05) is 0 Å². The molecule has 0 saturated carbocycles. The van der Waals surface area contributed by atoms with Crippen molar-refractivity contribution in [1.82, 2.24) is 0 Å². The van der Waals surface area contributed by atoms with E-state index in [4.69, 9.17) is 9.90 Å². The molecule has 1 atom stereocenters. The first kappa shape index (κ1) is 5.34. The van der Waals surface area contributed by atoms with E-state index in [1.165, 1.54) is 0 Å². The van der Waals surface area contributed by atoms with Crippen LogP contribution in [-0.2, 0) is 4.79 Å². The van der Waals surface area contributed by atoms with Gasteiger partial charge < -0.3 is 5.11 Å². The lowest BCUT2D eigenvalue weighted by Gasteiger charge is -1.78. The Labute approximate surface area is 33.9 Å². The van der Waals surface area contributed by atoms with Crippen molar-refractivity contribution >= 4 is 5.94 Å². The Hall–Kier alpha value is -0.660. The third kappa shape index (κ3) is 3.34. The first-order valence-electron chi connectivity index (χ1n) is 1.30. The number of aliphatic hydroxyl groups excluding tert-OH is 1. The Bertz CT molecular complexity index is 72.9. The summed E-state index contributed by atoms with van der Waals surface area (Å²) >= 11 is 0. The highest BCUT2D eigenvalue weighted by Gasteiger charge is 1.85. The number of rotatable bonds is 1. The van der Waals surface area contributed by atoms with Crippen LogP contribution >= 0.6 is 0 Å². The molecule has 0 aromatic rings. The number of alkyl halides is 1. The van der Waals surface area contributed by atoms with Gasteiger partial charge in [0.2, 0.25) is 6.36 Å². The van der Waals surface area contributed by atoms with Crippen molar-refractivity contribution in [3.8, 4) is 0 Å². The van der Waals surface area contributed by atoms with E-state index in [9.17, 15) is 4.39 Å². The van der Waals surface area contributed by atoms with E-state index in [-0.39, 0.29) is 0 Å². The predicted molar refractivity (Wildman–Crippen MR) is 17.4 cm³/mol. The molecule has 0 aliphatic heterocycles. The summed E-state index contributed by atoms with van der Waals surface area (Å²) in [6.45, 7) is 0. The van der Waals surface area contributed by atoms with Gasteiger partial charge in [0.1, 0.15) is 5.94 Å². The lowest BCUT2D eigenvalue weighted by molar-refractivity contribution is 0.0893. The largest absolute Gasteiger partial charge is 0.360 e. The van der Waals surface area contributed by atoms with Crippen LogP contribution in [0.3, 0.4) is 0 Å². The van der Waals surface area contributed by atoms with Crippen LogP contribution in [0.4, 0.5) is 4.39 Å². The van der Waals surface area contributed by atoms with Crippen molar-refractivity contribution in [3.63, 3.8) is 0 Å². The fourth-order valence-corrected chi connectivity index (χ4v) is 0.0561. The maximum absolute atomic E-state index is 10.9. The lowest BCUT2D eigenvalue weighted by Crippen LogP contribution is -1.88. The molecular formula is C3H3FO2. The second-order valence-corrected chi connectivity index (χ2v) is 0.657. The molecule has 1 unspecified atom stereocenters. The summed E-state index contributed by atoms with van der Waals surface area (Å²) in [6.07, 6.45) is -1.78. The van der Waals surface area contributed by atoms with Gasteiger partial charge in [0.05, 0.1) is 6.08 Å². The van der Waals surface area contributed by atoms with Crippen LogP contribution in [-0.4, -0.2) is 17.4 Å². The van der Waals surface area contributed by atoms with Crippen molar-refractivity contribution in [2.24, 2.45) is 0 Å². The van der Waals surface area contributed by atoms with E-state index >= 15 is 0 Å². The van der Waals surface area contributed by atoms with Crippen LogP contribution in [0.5, 0.6) is 0 Å². The van der Waals surface area contributed by atoms with Gasteiger partial charge in [-0.25, -0.2) is 9.18 Å². The molecule has 0 aliphatic rings. The van der Waals surface area contributed by atoms with E-state index in [1.54, 1.807) is 0 Å². The average Bonchev–Trinajstić information content (AvgIpc) is 1.35. The Morgan fingerprint density at radius 1 is 2.00 bits per heavy atom. The zero-order chi connectivity index (χ0) is 4.99. The van der Waals surface area contributed by atoms with Crippen LogP contribution < -0.4 is 0 Å². The highest BCUT2D eigenvalue weighted by molar-refractivity contribution is 5.45. The molecule has 0 fully saturated rings. The van der Waals surface area contributed by atoms with Gasteiger partial charge in [-0.3, -0.25) is 0 Å². The Morgan fingerprint density at radius 2 is 2.50 bits per heavy atom. The molecule has 1 N–H and O–H groups in total. The molecule has 34 valence electrons. The van der Waals surface area contributed by atoms with Crippen molar-refractivity contribution in [2.75, 3.05) is 0 Å². The highest BCUT2D eigenvalue weighted by atomic mass is 19.1. The molecule has 3 heteroatoms. The monoisotopic (exact) mass is 90.0 g/mol. The predicted octanol–water partition coefficient (Wildman–Crippen LogP) is -0.338.